The van der Waals surface area contributed by atoms with Crippen molar-refractivity contribution in [3.63, 3.8) is 0 Å². The van der Waals surface area contributed by atoms with Crippen LogP contribution in [0.4, 0.5) is 4.79 Å². The molecule has 0 aromatic heterocycles. The van der Waals surface area contributed by atoms with Crippen LogP contribution in [0.1, 0.15) is 0 Å². The average molecular weight is 177 g/mol. The summed E-state index contributed by atoms with van der Waals surface area (Å²) in [6.07, 6.45) is 0. The normalized spacial score (nSPS) is 17.5. The topological polar surface area (TPSA) is 105 Å². The molecule has 1 unspecified atom stereocenters. The molecule has 1 aliphatic rings. The predicted molar refractivity (Wildman–Crippen MR) is 31.9 cm³/mol. The fourth-order valence-electron chi connectivity index (χ4n) is 0.457. The van der Waals surface area contributed by atoms with Crippen LogP contribution in [-0.2, 0) is 13.9 Å². The van der Waals surface area contributed by atoms with E-state index in [1.807, 2.05) is 0 Å². The Balaban J connectivity index is 2.72. The molecular weight excluding hydrogens is 175 g/mol. The third-order valence-electron chi connectivity index (χ3n) is 0.782. The highest BCUT2D eigenvalue weighted by atomic mass is 31.1. The Bertz CT molecular complexity index is 271. The predicted octanol–water partition coefficient (Wildman–Crippen LogP) is -0.699. The van der Waals surface area contributed by atoms with Crippen molar-refractivity contribution >= 4 is 26.1 Å². The van der Waals surface area contributed by atoms with Crippen molar-refractivity contribution in [1.82, 2.24) is 5.32 Å². The molecule has 0 radical (unpaired) electrons. The summed E-state index contributed by atoms with van der Waals surface area (Å²) >= 11 is 0. The molecule has 0 fully saturated rings. The van der Waals surface area contributed by atoms with Crippen LogP contribution < -0.4 is 5.32 Å². The van der Waals surface area contributed by atoms with E-state index in [0.29, 0.717) is 0 Å². The fourth-order valence-corrected chi connectivity index (χ4v) is 0.729. The van der Waals surface area contributed by atoms with Crippen LogP contribution in [0, 0.1) is 0 Å². The van der Waals surface area contributed by atoms with Gasteiger partial charge in [-0.05, 0) is 0 Å². The van der Waals surface area contributed by atoms with Gasteiger partial charge in [-0.3, -0.25) is 10.1 Å². The number of rotatable bonds is 1. The smallest absolute Gasteiger partial charge is 0.268 e. The zero-order valence-electron chi connectivity index (χ0n) is 4.97. The molecule has 58 valence electrons. The standard InChI is InChI=1S/C3HN2O5P/c6-1-2(10-11(8)9)5-3(7)4-1/h(H-,4,6,7,8,9)/p+1. The van der Waals surface area contributed by atoms with Crippen molar-refractivity contribution < 1.29 is 23.6 Å². The van der Waals surface area contributed by atoms with Crippen molar-refractivity contribution in [2.24, 2.45) is 4.99 Å². The van der Waals surface area contributed by atoms with E-state index in [0.717, 1.165) is 0 Å². The number of nitrogens with one attached hydrogen (secondary N) is 1. The van der Waals surface area contributed by atoms with Crippen LogP contribution >= 0.6 is 8.25 Å². The molecule has 0 spiro atoms. The summed E-state index contributed by atoms with van der Waals surface area (Å²) in [6, 6.07) is -0.901. The van der Waals surface area contributed by atoms with Gasteiger partial charge in [0.2, 0.25) is 0 Å². The fraction of sp³-hybridized carbons (Fsp3) is 0. The van der Waals surface area contributed by atoms with E-state index in [-0.39, 0.29) is 0 Å². The lowest BCUT2D eigenvalue weighted by atomic mass is 10.6. The van der Waals surface area contributed by atoms with Crippen LogP contribution in [0.3, 0.4) is 0 Å². The number of aliphatic imine (C=N–C) groups is 1. The molecule has 1 atom stereocenters. The Morgan fingerprint density at radius 1 is 1.55 bits per heavy atom. The van der Waals surface area contributed by atoms with Crippen LogP contribution in [-0.4, -0.2) is 22.7 Å². The van der Waals surface area contributed by atoms with Gasteiger partial charge in [0.25, 0.3) is 0 Å². The third-order valence-corrected chi connectivity index (χ3v) is 1.11. The molecule has 11 heavy (non-hydrogen) atoms. The van der Waals surface area contributed by atoms with E-state index in [1.165, 1.54) is 0 Å². The number of amides is 3. The molecule has 2 N–H and O–H groups in total. The summed E-state index contributed by atoms with van der Waals surface area (Å²) in [4.78, 5) is 31.9. The zero-order chi connectivity index (χ0) is 8.43. The minimum Gasteiger partial charge on any atom is -0.268 e. The summed E-state index contributed by atoms with van der Waals surface area (Å²) in [5.74, 6) is -1.59. The van der Waals surface area contributed by atoms with Gasteiger partial charge in [0.1, 0.15) is 0 Å². The number of carbonyl (C=O) groups is 2. The maximum absolute atomic E-state index is 10.5. The van der Waals surface area contributed by atoms with E-state index >= 15 is 0 Å². The SMILES string of the molecule is O=C1N=C(O[P+](=O)O)C(=O)N1. The van der Waals surface area contributed by atoms with Crippen LogP contribution in [0.15, 0.2) is 4.99 Å². The summed E-state index contributed by atoms with van der Waals surface area (Å²) in [7, 11) is -2.95. The largest absolute Gasteiger partial charge is 0.749 e. The first-order valence-electron chi connectivity index (χ1n) is 2.37. The third kappa shape index (κ3) is 1.79. The summed E-state index contributed by atoms with van der Waals surface area (Å²) in [5.41, 5.74) is 0. The molecule has 1 rings (SSSR count). The molecule has 0 aromatic carbocycles. The minimum absolute atomic E-state index is 0.682. The lowest BCUT2D eigenvalue weighted by Crippen LogP contribution is -2.25. The molecule has 0 saturated heterocycles. The van der Waals surface area contributed by atoms with Gasteiger partial charge in [0.15, 0.2) is 0 Å². The Morgan fingerprint density at radius 2 is 2.18 bits per heavy atom. The highest BCUT2D eigenvalue weighted by Gasteiger charge is 2.32. The van der Waals surface area contributed by atoms with Crippen LogP contribution in [0.5, 0.6) is 0 Å². The first kappa shape index (κ1) is 7.77. The maximum atomic E-state index is 10.5. The number of nitrogens with zero attached hydrogens (tertiary/aromatic N) is 1. The Kier molecular flexibility index (Phi) is 1.93. The second kappa shape index (κ2) is 2.73. The van der Waals surface area contributed by atoms with E-state index in [4.69, 9.17) is 4.89 Å². The van der Waals surface area contributed by atoms with E-state index < -0.39 is 26.1 Å². The highest BCUT2D eigenvalue weighted by molar-refractivity contribution is 7.33. The van der Waals surface area contributed by atoms with Crippen molar-refractivity contribution in [1.29, 1.82) is 0 Å². The van der Waals surface area contributed by atoms with Crippen LogP contribution in [0.2, 0.25) is 0 Å². The van der Waals surface area contributed by atoms with Crippen molar-refractivity contribution in [2.45, 2.75) is 0 Å². The van der Waals surface area contributed by atoms with Gasteiger partial charge in [0.05, 0.1) is 0 Å². The van der Waals surface area contributed by atoms with Crippen molar-refractivity contribution in [2.75, 3.05) is 0 Å². The molecule has 1 aliphatic heterocycles. The van der Waals surface area contributed by atoms with Gasteiger partial charge in [-0.1, -0.05) is 0 Å². The summed E-state index contributed by atoms with van der Waals surface area (Å²) < 4.78 is 13.9. The van der Waals surface area contributed by atoms with E-state index in [1.54, 1.807) is 5.32 Å². The zero-order valence-corrected chi connectivity index (χ0v) is 5.87. The molecule has 7 nitrogen and oxygen atoms in total. The Hall–Kier alpha value is -1.33. The van der Waals surface area contributed by atoms with Gasteiger partial charge in [0, 0.05) is 4.57 Å². The van der Waals surface area contributed by atoms with Gasteiger partial charge < -0.3 is 0 Å². The number of carbonyl (C=O) groups excluding carboxylic acids is 2. The second-order valence-corrected chi connectivity index (χ2v) is 2.16. The Labute approximate surface area is 61.0 Å². The van der Waals surface area contributed by atoms with Crippen molar-refractivity contribution in [3.05, 3.63) is 0 Å². The summed E-state index contributed by atoms with van der Waals surface area (Å²) in [5, 5.41) is 1.73. The molecule has 0 aromatic rings. The molecular formula is C3H2N2O5P+. The van der Waals surface area contributed by atoms with E-state index in [9.17, 15) is 14.2 Å². The van der Waals surface area contributed by atoms with Gasteiger partial charge in [-0.2, -0.15) is 0 Å². The maximum Gasteiger partial charge on any atom is 0.749 e. The quantitative estimate of drug-likeness (QED) is 0.515. The average Bonchev–Trinajstić information content (AvgIpc) is 2.09. The monoisotopic (exact) mass is 177 g/mol. The molecule has 3 amide bonds. The van der Waals surface area contributed by atoms with E-state index in [2.05, 4.69) is 9.52 Å². The number of hydrogen-bond acceptors (Lipinski definition) is 4. The molecule has 8 heteroatoms. The number of imide groups is 1. The van der Waals surface area contributed by atoms with Crippen LogP contribution in [0.25, 0.3) is 0 Å². The summed E-state index contributed by atoms with van der Waals surface area (Å²) in [6.45, 7) is 0. The van der Waals surface area contributed by atoms with Gasteiger partial charge in [-0.25, -0.2) is 9.32 Å². The lowest BCUT2D eigenvalue weighted by molar-refractivity contribution is -0.114. The van der Waals surface area contributed by atoms with Gasteiger partial charge >= 0.3 is 26.1 Å². The van der Waals surface area contributed by atoms with Crippen molar-refractivity contribution in [3.8, 4) is 0 Å². The number of urea groups is 1. The molecule has 0 aliphatic carbocycles. The lowest BCUT2D eigenvalue weighted by Gasteiger charge is -1.82. The molecule has 0 bridgehead atoms. The second-order valence-electron chi connectivity index (χ2n) is 1.51. The molecule has 1 heterocycles. The Morgan fingerprint density at radius 3 is 2.55 bits per heavy atom. The van der Waals surface area contributed by atoms with Gasteiger partial charge in [-0.15, -0.1) is 9.89 Å². The first-order valence-corrected chi connectivity index (χ1v) is 3.51. The minimum atomic E-state index is -2.95. The molecule has 0 saturated carbocycles. The highest BCUT2D eigenvalue weighted by Crippen LogP contribution is 2.16. The first-order chi connectivity index (χ1) is 5.09. The number of hydrogen-bond donors (Lipinski definition) is 2.